The Hall–Kier alpha value is -3.48. The van der Waals surface area contributed by atoms with Gasteiger partial charge in [0.1, 0.15) is 5.75 Å². The van der Waals surface area contributed by atoms with Crippen LogP contribution in [0.15, 0.2) is 100 Å². The number of thiophene rings is 4. The van der Waals surface area contributed by atoms with E-state index in [0.717, 1.165) is 31.7 Å². The minimum absolute atomic E-state index is 0.366. The van der Waals surface area contributed by atoms with Crippen LogP contribution < -0.4 is 0 Å². The van der Waals surface area contributed by atoms with Crippen molar-refractivity contribution < 1.29 is 5.11 Å². The maximum Gasteiger partial charge on any atom is 0.134 e. The zero-order valence-electron chi connectivity index (χ0n) is 19.4. The van der Waals surface area contributed by atoms with Gasteiger partial charge in [0, 0.05) is 47.1 Å². The molecule has 176 valence electrons. The molecular formula is C32H18OS4. The summed E-state index contributed by atoms with van der Waals surface area (Å²) < 4.78 is 0. The van der Waals surface area contributed by atoms with E-state index in [9.17, 15) is 5.11 Å². The SMILES string of the molecule is Oc1c(-c2cccs2)c2ccc3cccc4c(-c5cccs5)c(-c5cccs5)c(c1-c1cccs1)c2c34. The summed E-state index contributed by atoms with van der Waals surface area (Å²) in [4.78, 5) is 4.64. The van der Waals surface area contributed by atoms with Crippen molar-refractivity contribution in [2.45, 2.75) is 0 Å². The van der Waals surface area contributed by atoms with E-state index >= 15 is 0 Å². The summed E-state index contributed by atoms with van der Waals surface area (Å²) in [6.07, 6.45) is 0. The predicted octanol–water partition coefficient (Wildman–Crippen LogP) is 11.2. The Kier molecular flexibility index (Phi) is 4.82. The summed E-state index contributed by atoms with van der Waals surface area (Å²) in [5.74, 6) is 0.366. The highest BCUT2D eigenvalue weighted by atomic mass is 32.1. The number of hydrogen-bond acceptors (Lipinski definition) is 5. The molecule has 1 nitrogen and oxygen atoms in total. The van der Waals surface area contributed by atoms with Gasteiger partial charge in [0.2, 0.25) is 0 Å². The largest absolute Gasteiger partial charge is 0.507 e. The Bertz CT molecular complexity index is 2010. The van der Waals surface area contributed by atoms with Gasteiger partial charge in [0.05, 0.1) is 0 Å². The molecule has 0 aliphatic rings. The number of aromatic hydroxyl groups is 1. The first-order valence-corrected chi connectivity index (χ1v) is 15.5. The normalized spacial score (nSPS) is 11.9. The van der Waals surface area contributed by atoms with Crippen LogP contribution in [0.2, 0.25) is 0 Å². The molecule has 0 aliphatic heterocycles. The number of rotatable bonds is 4. The molecule has 37 heavy (non-hydrogen) atoms. The smallest absolute Gasteiger partial charge is 0.134 e. The van der Waals surface area contributed by atoms with E-state index in [2.05, 4.69) is 100 Å². The van der Waals surface area contributed by atoms with Crippen LogP contribution in [0.1, 0.15) is 0 Å². The van der Waals surface area contributed by atoms with E-state index in [4.69, 9.17) is 0 Å². The van der Waals surface area contributed by atoms with Crippen LogP contribution in [0.3, 0.4) is 0 Å². The van der Waals surface area contributed by atoms with E-state index in [1.807, 2.05) is 0 Å². The van der Waals surface area contributed by atoms with E-state index in [-0.39, 0.29) is 0 Å². The third kappa shape index (κ3) is 3.06. The average Bonchev–Trinajstić information content (AvgIpc) is 3.75. The van der Waals surface area contributed by atoms with Crippen molar-refractivity contribution >= 4 is 77.7 Å². The zero-order valence-corrected chi connectivity index (χ0v) is 22.7. The monoisotopic (exact) mass is 546 g/mol. The van der Waals surface area contributed by atoms with Crippen LogP contribution in [0.4, 0.5) is 0 Å². The van der Waals surface area contributed by atoms with Crippen molar-refractivity contribution in [3.05, 3.63) is 100 Å². The molecule has 0 bridgehead atoms. The number of hydrogen-bond donors (Lipinski definition) is 1. The topological polar surface area (TPSA) is 20.2 Å². The molecule has 0 fully saturated rings. The second kappa shape index (κ2) is 8.27. The molecule has 0 aliphatic carbocycles. The standard InChI is InChI=1S/C32H18OS4/c33-32-27(22-9-3-15-35-22)20-13-12-18-6-1-7-19-25(18)28(20)31(30(32)24-11-5-17-37-24)29(23-10-4-16-36-23)26(19)21-8-2-14-34-21/h1-17,33H. The summed E-state index contributed by atoms with van der Waals surface area (Å²) >= 11 is 6.90. The Morgan fingerprint density at radius 2 is 0.946 bits per heavy atom. The fourth-order valence-electron chi connectivity index (χ4n) is 5.74. The molecular weight excluding hydrogens is 529 g/mol. The minimum Gasteiger partial charge on any atom is -0.507 e. The van der Waals surface area contributed by atoms with Gasteiger partial charge in [-0.15, -0.1) is 45.3 Å². The van der Waals surface area contributed by atoms with Crippen LogP contribution in [0.25, 0.3) is 74.1 Å². The quantitative estimate of drug-likeness (QED) is 0.218. The van der Waals surface area contributed by atoms with Gasteiger partial charge in [-0.25, -0.2) is 0 Å². The van der Waals surface area contributed by atoms with Gasteiger partial charge in [0.25, 0.3) is 0 Å². The van der Waals surface area contributed by atoms with Crippen LogP contribution in [-0.4, -0.2) is 5.11 Å². The lowest BCUT2D eigenvalue weighted by atomic mass is 9.82. The number of phenols is 1. The molecule has 0 amide bonds. The van der Waals surface area contributed by atoms with Gasteiger partial charge in [-0.1, -0.05) is 54.6 Å². The molecule has 0 radical (unpaired) electrons. The van der Waals surface area contributed by atoms with Crippen LogP contribution >= 0.6 is 45.3 Å². The molecule has 0 unspecified atom stereocenters. The van der Waals surface area contributed by atoms with Crippen LogP contribution in [0, 0.1) is 0 Å². The molecule has 4 aromatic carbocycles. The first-order chi connectivity index (χ1) is 18.3. The maximum absolute atomic E-state index is 12.2. The Labute approximate surface area is 229 Å². The van der Waals surface area contributed by atoms with Crippen molar-refractivity contribution in [3.8, 4) is 47.5 Å². The minimum atomic E-state index is 0.366. The van der Waals surface area contributed by atoms with E-state index in [1.165, 1.54) is 42.4 Å². The molecule has 0 saturated carbocycles. The molecule has 4 heterocycles. The molecule has 4 aromatic heterocycles. The molecule has 1 N–H and O–H groups in total. The Balaban J connectivity index is 1.74. The lowest BCUT2D eigenvalue weighted by Crippen LogP contribution is -1.96. The van der Waals surface area contributed by atoms with Gasteiger partial charge in [0.15, 0.2) is 0 Å². The Morgan fingerprint density at radius 3 is 1.54 bits per heavy atom. The lowest BCUT2D eigenvalue weighted by Gasteiger charge is -2.24. The van der Waals surface area contributed by atoms with Crippen molar-refractivity contribution in [2.24, 2.45) is 0 Å². The van der Waals surface area contributed by atoms with Gasteiger partial charge in [-0.3, -0.25) is 0 Å². The fourth-order valence-corrected chi connectivity index (χ4v) is 8.87. The summed E-state index contributed by atoms with van der Waals surface area (Å²) in [6, 6.07) is 28.2. The molecule has 0 atom stereocenters. The van der Waals surface area contributed by atoms with Crippen molar-refractivity contribution in [3.63, 3.8) is 0 Å². The third-order valence-electron chi connectivity index (χ3n) is 7.13. The summed E-state index contributed by atoms with van der Waals surface area (Å²) in [7, 11) is 0. The van der Waals surface area contributed by atoms with Gasteiger partial charge >= 0.3 is 0 Å². The van der Waals surface area contributed by atoms with Crippen LogP contribution in [0.5, 0.6) is 5.75 Å². The molecule has 8 aromatic rings. The fraction of sp³-hybridized carbons (Fsp3) is 0. The first kappa shape index (κ1) is 21.6. The van der Waals surface area contributed by atoms with E-state index < -0.39 is 0 Å². The third-order valence-corrected chi connectivity index (χ3v) is 10.7. The molecule has 5 heteroatoms. The zero-order chi connectivity index (χ0) is 24.5. The molecule has 8 rings (SSSR count). The molecule has 0 spiro atoms. The van der Waals surface area contributed by atoms with E-state index in [1.54, 1.807) is 45.3 Å². The summed E-state index contributed by atoms with van der Waals surface area (Å²) in [6.45, 7) is 0. The average molecular weight is 547 g/mol. The van der Waals surface area contributed by atoms with Crippen molar-refractivity contribution in [2.75, 3.05) is 0 Å². The van der Waals surface area contributed by atoms with Gasteiger partial charge < -0.3 is 5.11 Å². The summed E-state index contributed by atoms with van der Waals surface area (Å²) in [5, 5.41) is 27.9. The van der Waals surface area contributed by atoms with Gasteiger partial charge in [-0.05, 0) is 72.7 Å². The first-order valence-electron chi connectivity index (χ1n) is 12.0. The highest BCUT2D eigenvalue weighted by Gasteiger charge is 2.28. The van der Waals surface area contributed by atoms with Crippen molar-refractivity contribution in [1.29, 1.82) is 0 Å². The second-order valence-electron chi connectivity index (χ2n) is 9.02. The second-order valence-corrected chi connectivity index (χ2v) is 12.8. The Morgan fingerprint density at radius 1 is 0.405 bits per heavy atom. The van der Waals surface area contributed by atoms with Crippen molar-refractivity contribution in [1.82, 2.24) is 0 Å². The maximum atomic E-state index is 12.2. The highest BCUT2D eigenvalue weighted by Crippen LogP contribution is 2.57. The van der Waals surface area contributed by atoms with Gasteiger partial charge in [-0.2, -0.15) is 0 Å². The van der Waals surface area contributed by atoms with Crippen LogP contribution in [-0.2, 0) is 0 Å². The predicted molar refractivity (Wildman–Crippen MR) is 165 cm³/mol. The number of phenolic OH excluding ortho intramolecular Hbond substituents is 1. The highest BCUT2D eigenvalue weighted by molar-refractivity contribution is 7.15. The van der Waals surface area contributed by atoms with E-state index in [0.29, 0.717) is 5.75 Å². The lowest BCUT2D eigenvalue weighted by molar-refractivity contribution is 0.481. The molecule has 0 saturated heterocycles. The summed E-state index contributed by atoms with van der Waals surface area (Å²) in [5.41, 5.74) is 4.33. The number of benzene rings is 4.